The third kappa shape index (κ3) is 4.21. The molecule has 0 unspecified atom stereocenters. The molecular weight excluding hydrogens is 352 g/mol. The lowest BCUT2D eigenvalue weighted by molar-refractivity contribution is -0.127. The highest BCUT2D eigenvalue weighted by Gasteiger charge is 2.41. The minimum Gasteiger partial charge on any atom is -0.508 e. The van der Waals surface area contributed by atoms with Crippen molar-refractivity contribution in [1.82, 2.24) is 9.80 Å². The Hall–Kier alpha value is -2.37. The lowest BCUT2D eigenvalue weighted by Gasteiger charge is -2.47. The van der Waals surface area contributed by atoms with Gasteiger partial charge < -0.3 is 19.6 Å². The molecule has 1 N–H and O–H groups in total. The molecule has 0 aromatic heterocycles. The van der Waals surface area contributed by atoms with E-state index in [-0.39, 0.29) is 11.5 Å². The molecule has 1 amide bonds. The summed E-state index contributed by atoms with van der Waals surface area (Å²) in [5, 5.41) is 9.94. The van der Waals surface area contributed by atoms with Crippen molar-refractivity contribution in [2.24, 2.45) is 0 Å². The molecule has 28 heavy (non-hydrogen) atoms. The maximum absolute atomic E-state index is 12.8. The van der Waals surface area contributed by atoms with Crippen LogP contribution in [0.3, 0.4) is 0 Å². The van der Waals surface area contributed by atoms with Gasteiger partial charge >= 0.3 is 0 Å². The zero-order valence-corrected chi connectivity index (χ0v) is 16.2. The average molecular weight is 380 g/mol. The number of phenolic OH excluding ortho intramolecular Hbond substituents is 1. The molecule has 5 nitrogen and oxygen atoms in total. The summed E-state index contributed by atoms with van der Waals surface area (Å²) in [6.07, 6.45) is 2.72. The maximum atomic E-state index is 12.8. The predicted molar refractivity (Wildman–Crippen MR) is 109 cm³/mol. The number of hydrogen-bond donors (Lipinski definition) is 1. The van der Waals surface area contributed by atoms with Crippen LogP contribution < -0.4 is 0 Å². The normalized spacial score (nSPS) is 19.6. The first-order valence-corrected chi connectivity index (χ1v) is 10.1. The monoisotopic (exact) mass is 380 g/mol. The van der Waals surface area contributed by atoms with Crippen LogP contribution in [0.4, 0.5) is 0 Å². The summed E-state index contributed by atoms with van der Waals surface area (Å²) in [6.45, 7) is 4.79. The molecule has 2 fully saturated rings. The van der Waals surface area contributed by atoms with Gasteiger partial charge in [0.1, 0.15) is 5.75 Å². The molecule has 2 aromatic carbocycles. The van der Waals surface area contributed by atoms with Crippen LogP contribution in [0.1, 0.15) is 28.8 Å². The van der Waals surface area contributed by atoms with Gasteiger partial charge in [-0.2, -0.15) is 0 Å². The largest absolute Gasteiger partial charge is 0.508 e. The average Bonchev–Trinajstić information content (AvgIpc) is 2.75. The van der Waals surface area contributed by atoms with Gasteiger partial charge in [-0.15, -0.1) is 0 Å². The fraction of sp³-hybridized carbons (Fsp3) is 0.435. The molecule has 2 saturated heterocycles. The number of aromatic hydroxyl groups is 1. The van der Waals surface area contributed by atoms with Gasteiger partial charge in [0.25, 0.3) is 5.91 Å². The number of benzene rings is 2. The van der Waals surface area contributed by atoms with Crippen molar-refractivity contribution in [2.75, 3.05) is 39.3 Å². The van der Waals surface area contributed by atoms with Gasteiger partial charge in [0.15, 0.2) is 0 Å². The summed E-state index contributed by atoms with van der Waals surface area (Å²) in [4.78, 5) is 17.2. The number of amides is 1. The number of carbonyl (C=O) groups is 1. The second-order valence-corrected chi connectivity index (χ2v) is 7.84. The lowest BCUT2D eigenvalue weighted by atomic mass is 9.89. The summed E-state index contributed by atoms with van der Waals surface area (Å²) in [5.74, 6) is 0.479. The summed E-state index contributed by atoms with van der Waals surface area (Å²) in [6, 6.07) is 17.1. The SMILES string of the molecule is O=C(c1ccccc1)N1CCOC2(CCN(CCc3ccccc3O)CC2)C1. The number of likely N-dealkylation sites (tertiary alicyclic amines) is 1. The Bertz CT molecular complexity index is 801. The Morgan fingerprint density at radius 2 is 1.71 bits per heavy atom. The van der Waals surface area contributed by atoms with E-state index in [9.17, 15) is 9.90 Å². The second-order valence-electron chi connectivity index (χ2n) is 7.84. The van der Waals surface area contributed by atoms with Crippen molar-refractivity contribution < 1.29 is 14.6 Å². The first kappa shape index (κ1) is 19.0. The highest BCUT2D eigenvalue weighted by Crippen LogP contribution is 2.31. The number of carbonyl (C=O) groups excluding carboxylic acids is 1. The molecule has 0 aliphatic carbocycles. The molecular formula is C23H28N2O3. The molecule has 2 aliphatic heterocycles. The molecule has 5 heteroatoms. The van der Waals surface area contributed by atoms with Crippen molar-refractivity contribution in [3.05, 3.63) is 65.7 Å². The van der Waals surface area contributed by atoms with E-state index in [0.29, 0.717) is 25.4 Å². The van der Waals surface area contributed by atoms with E-state index >= 15 is 0 Å². The molecule has 2 heterocycles. The van der Waals surface area contributed by atoms with Crippen LogP contribution in [0.15, 0.2) is 54.6 Å². The molecule has 4 rings (SSSR count). The van der Waals surface area contributed by atoms with Gasteiger partial charge in [-0.3, -0.25) is 4.79 Å². The van der Waals surface area contributed by atoms with Gasteiger partial charge in [-0.1, -0.05) is 36.4 Å². The van der Waals surface area contributed by atoms with Crippen LogP contribution in [0, 0.1) is 0 Å². The second kappa shape index (κ2) is 8.33. The summed E-state index contributed by atoms with van der Waals surface area (Å²) >= 11 is 0. The van der Waals surface area contributed by atoms with Crippen molar-refractivity contribution in [2.45, 2.75) is 24.9 Å². The number of morpholine rings is 1. The topological polar surface area (TPSA) is 53.0 Å². The van der Waals surface area contributed by atoms with Crippen molar-refractivity contribution >= 4 is 5.91 Å². The minimum atomic E-state index is -0.214. The number of hydrogen-bond acceptors (Lipinski definition) is 4. The van der Waals surface area contributed by atoms with Crippen LogP contribution in [-0.2, 0) is 11.2 Å². The maximum Gasteiger partial charge on any atom is 0.254 e. The van der Waals surface area contributed by atoms with E-state index in [0.717, 1.165) is 50.0 Å². The van der Waals surface area contributed by atoms with Crippen LogP contribution in [0.2, 0.25) is 0 Å². The fourth-order valence-corrected chi connectivity index (χ4v) is 4.27. The van der Waals surface area contributed by atoms with Crippen molar-refractivity contribution in [3.63, 3.8) is 0 Å². The van der Waals surface area contributed by atoms with E-state index in [1.54, 1.807) is 6.07 Å². The number of piperidine rings is 1. The van der Waals surface area contributed by atoms with Gasteiger partial charge in [0.2, 0.25) is 0 Å². The quantitative estimate of drug-likeness (QED) is 0.886. The van der Waals surface area contributed by atoms with Gasteiger partial charge in [0.05, 0.1) is 18.8 Å². The number of para-hydroxylation sites is 1. The Labute approximate surface area is 166 Å². The van der Waals surface area contributed by atoms with E-state index in [1.165, 1.54) is 0 Å². The van der Waals surface area contributed by atoms with E-state index < -0.39 is 0 Å². The summed E-state index contributed by atoms with van der Waals surface area (Å²) in [7, 11) is 0. The molecule has 148 valence electrons. The molecule has 1 spiro atoms. The van der Waals surface area contributed by atoms with Crippen molar-refractivity contribution in [3.8, 4) is 5.75 Å². The Morgan fingerprint density at radius 1 is 1.00 bits per heavy atom. The van der Waals surface area contributed by atoms with E-state index in [2.05, 4.69) is 4.90 Å². The smallest absolute Gasteiger partial charge is 0.254 e. The minimum absolute atomic E-state index is 0.102. The predicted octanol–water partition coefficient (Wildman–Crippen LogP) is 2.94. The highest BCUT2D eigenvalue weighted by atomic mass is 16.5. The molecule has 2 aromatic rings. The van der Waals surface area contributed by atoms with Gasteiger partial charge in [-0.05, 0) is 43.0 Å². The Balaban J connectivity index is 1.32. The first-order chi connectivity index (χ1) is 13.7. The van der Waals surface area contributed by atoms with Gasteiger partial charge in [0, 0.05) is 31.7 Å². The number of phenols is 1. The Kier molecular flexibility index (Phi) is 5.64. The summed E-state index contributed by atoms with van der Waals surface area (Å²) < 4.78 is 6.19. The third-order valence-corrected chi connectivity index (χ3v) is 6.01. The molecule has 0 bridgehead atoms. The van der Waals surface area contributed by atoms with Crippen LogP contribution >= 0.6 is 0 Å². The standard InChI is InChI=1S/C23H28N2O3/c26-21-9-5-4-6-19(21)10-13-24-14-11-23(12-15-24)18-25(16-17-28-23)22(27)20-7-2-1-3-8-20/h1-9,26H,10-18H2. The molecule has 0 atom stereocenters. The molecule has 2 aliphatic rings. The fourth-order valence-electron chi connectivity index (χ4n) is 4.27. The lowest BCUT2D eigenvalue weighted by Crippen LogP contribution is -2.58. The van der Waals surface area contributed by atoms with E-state index in [1.807, 2.05) is 53.4 Å². The van der Waals surface area contributed by atoms with Crippen molar-refractivity contribution in [1.29, 1.82) is 0 Å². The van der Waals surface area contributed by atoms with Gasteiger partial charge in [-0.25, -0.2) is 0 Å². The summed E-state index contributed by atoms with van der Waals surface area (Å²) in [5.41, 5.74) is 1.53. The highest BCUT2D eigenvalue weighted by molar-refractivity contribution is 5.94. The number of nitrogens with zero attached hydrogens (tertiary/aromatic N) is 2. The van der Waals surface area contributed by atoms with Crippen LogP contribution in [-0.4, -0.2) is 65.7 Å². The number of rotatable bonds is 4. The van der Waals surface area contributed by atoms with Crippen LogP contribution in [0.5, 0.6) is 5.75 Å². The zero-order valence-electron chi connectivity index (χ0n) is 16.2. The number of ether oxygens (including phenoxy) is 1. The molecule has 0 saturated carbocycles. The zero-order chi connectivity index (χ0) is 19.4. The van der Waals surface area contributed by atoms with E-state index in [4.69, 9.17) is 4.74 Å². The third-order valence-electron chi connectivity index (χ3n) is 6.01. The Morgan fingerprint density at radius 3 is 2.46 bits per heavy atom. The first-order valence-electron chi connectivity index (χ1n) is 10.1. The molecule has 0 radical (unpaired) electrons. The van der Waals surface area contributed by atoms with Crippen LogP contribution in [0.25, 0.3) is 0 Å².